The molecule has 0 aliphatic rings. The Morgan fingerprint density at radius 1 is 1.17 bits per heavy atom. The summed E-state index contributed by atoms with van der Waals surface area (Å²) in [4.78, 5) is -0.525. The number of hydrogen-bond donors (Lipinski definition) is 2. The molecule has 0 saturated heterocycles. The van der Waals surface area contributed by atoms with Gasteiger partial charge in [0.2, 0.25) is 10.0 Å². The van der Waals surface area contributed by atoms with Crippen molar-refractivity contribution in [3.8, 4) is 5.75 Å². The van der Waals surface area contributed by atoms with Gasteiger partial charge >= 0.3 is 7.12 Å². The summed E-state index contributed by atoms with van der Waals surface area (Å²) in [5, 5.41) is 18.0. The van der Waals surface area contributed by atoms with Crippen LogP contribution in [-0.2, 0) is 16.6 Å². The first-order valence-electron chi connectivity index (χ1n) is 7.00. The fourth-order valence-electron chi connectivity index (χ4n) is 2.13. The van der Waals surface area contributed by atoms with Crippen LogP contribution in [0, 0.1) is 5.82 Å². The SMILES string of the molecule is COc1ccc(CN(C)S(=O)(=O)c2ccc(B(O)O)cc2F)cc1. The fraction of sp³-hybridized carbons (Fsp3) is 0.200. The third-order valence-corrected chi connectivity index (χ3v) is 5.34. The van der Waals surface area contributed by atoms with Crippen molar-refractivity contribution in [3.05, 3.63) is 53.8 Å². The van der Waals surface area contributed by atoms with Crippen molar-refractivity contribution in [3.63, 3.8) is 0 Å². The van der Waals surface area contributed by atoms with Gasteiger partial charge in [0, 0.05) is 13.6 Å². The lowest BCUT2D eigenvalue weighted by molar-refractivity contribution is 0.414. The maximum atomic E-state index is 14.1. The second-order valence-corrected chi connectivity index (χ2v) is 7.19. The summed E-state index contributed by atoms with van der Waals surface area (Å²) in [6, 6.07) is 9.80. The Hall–Kier alpha value is -1.94. The van der Waals surface area contributed by atoms with Crippen LogP contribution in [0.5, 0.6) is 5.75 Å². The standard InChI is InChI=1S/C15H17BFNO5S/c1-18(10-11-3-6-13(23-2)7-4-11)24(21,22)15-8-5-12(16(19)20)9-14(15)17/h3-9,19-20H,10H2,1-2H3. The highest BCUT2D eigenvalue weighted by molar-refractivity contribution is 7.89. The van der Waals surface area contributed by atoms with E-state index in [1.54, 1.807) is 24.3 Å². The topological polar surface area (TPSA) is 87.1 Å². The van der Waals surface area contributed by atoms with Crippen molar-refractivity contribution in [2.24, 2.45) is 0 Å². The van der Waals surface area contributed by atoms with E-state index in [1.807, 2.05) is 0 Å². The van der Waals surface area contributed by atoms with Gasteiger partial charge in [-0.25, -0.2) is 12.8 Å². The summed E-state index contributed by atoms with van der Waals surface area (Å²) in [5.41, 5.74) is 0.592. The second kappa shape index (κ2) is 7.31. The lowest BCUT2D eigenvalue weighted by Gasteiger charge is -2.18. The second-order valence-electron chi connectivity index (χ2n) is 5.17. The van der Waals surface area contributed by atoms with Gasteiger partial charge in [-0.05, 0) is 35.3 Å². The molecule has 128 valence electrons. The quantitative estimate of drug-likeness (QED) is 0.732. The molecular formula is C15H17BFNO5S. The van der Waals surface area contributed by atoms with Crippen LogP contribution < -0.4 is 10.2 Å². The summed E-state index contributed by atoms with van der Waals surface area (Å²) in [7, 11) is -3.06. The molecule has 9 heteroatoms. The van der Waals surface area contributed by atoms with Gasteiger partial charge in [-0.15, -0.1) is 0 Å². The summed E-state index contributed by atoms with van der Waals surface area (Å²) < 4.78 is 45.1. The Morgan fingerprint density at radius 3 is 2.29 bits per heavy atom. The third kappa shape index (κ3) is 3.93. The number of benzene rings is 2. The zero-order chi connectivity index (χ0) is 17.9. The van der Waals surface area contributed by atoms with Crippen LogP contribution in [0.4, 0.5) is 4.39 Å². The number of nitrogens with zero attached hydrogens (tertiary/aromatic N) is 1. The van der Waals surface area contributed by atoms with E-state index in [0.29, 0.717) is 11.3 Å². The van der Waals surface area contributed by atoms with Crippen molar-refractivity contribution >= 4 is 22.6 Å². The molecule has 0 aromatic heterocycles. The molecule has 2 aromatic carbocycles. The van der Waals surface area contributed by atoms with Crippen molar-refractivity contribution in [2.75, 3.05) is 14.2 Å². The Balaban J connectivity index is 2.25. The average Bonchev–Trinajstić information content (AvgIpc) is 2.55. The highest BCUT2D eigenvalue weighted by atomic mass is 32.2. The molecular weight excluding hydrogens is 336 g/mol. The minimum absolute atomic E-state index is 0.0517. The predicted molar refractivity (Wildman–Crippen MR) is 87.9 cm³/mol. The number of ether oxygens (including phenoxy) is 1. The fourth-order valence-corrected chi connectivity index (χ4v) is 3.33. The van der Waals surface area contributed by atoms with E-state index < -0.39 is 27.9 Å². The van der Waals surface area contributed by atoms with E-state index in [9.17, 15) is 12.8 Å². The average molecular weight is 353 g/mol. The number of halogens is 1. The van der Waals surface area contributed by atoms with Gasteiger partial charge in [-0.3, -0.25) is 0 Å². The van der Waals surface area contributed by atoms with E-state index in [1.165, 1.54) is 14.2 Å². The maximum absolute atomic E-state index is 14.1. The molecule has 0 unspecified atom stereocenters. The first-order valence-corrected chi connectivity index (χ1v) is 8.44. The Kier molecular flexibility index (Phi) is 5.60. The van der Waals surface area contributed by atoms with Crippen molar-refractivity contribution in [2.45, 2.75) is 11.4 Å². The van der Waals surface area contributed by atoms with Gasteiger partial charge in [0.1, 0.15) is 16.5 Å². The highest BCUT2D eigenvalue weighted by Crippen LogP contribution is 2.20. The molecule has 0 atom stereocenters. The largest absolute Gasteiger partial charge is 0.497 e. The number of sulfonamides is 1. The molecule has 0 spiro atoms. The molecule has 6 nitrogen and oxygen atoms in total. The van der Waals surface area contributed by atoms with Crippen LogP contribution in [0.1, 0.15) is 5.56 Å². The van der Waals surface area contributed by atoms with Gasteiger partial charge in [0.15, 0.2) is 0 Å². The zero-order valence-corrected chi connectivity index (χ0v) is 14.0. The molecule has 2 aromatic rings. The lowest BCUT2D eigenvalue weighted by atomic mass is 9.80. The van der Waals surface area contributed by atoms with Gasteiger partial charge in [-0.2, -0.15) is 4.31 Å². The van der Waals surface area contributed by atoms with E-state index in [-0.39, 0.29) is 12.0 Å². The van der Waals surface area contributed by atoms with Gasteiger partial charge in [0.05, 0.1) is 7.11 Å². The summed E-state index contributed by atoms with van der Waals surface area (Å²) in [6.07, 6.45) is 0. The molecule has 0 amide bonds. The number of rotatable bonds is 6. The molecule has 0 fully saturated rings. The van der Waals surface area contributed by atoms with Gasteiger partial charge in [0.25, 0.3) is 0 Å². The third-order valence-electron chi connectivity index (χ3n) is 3.51. The summed E-state index contributed by atoms with van der Waals surface area (Å²) >= 11 is 0. The minimum atomic E-state index is -4.06. The molecule has 0 bridgehead atoms. The monoisotopic (exact) mass is 353 g/mol. The molecule has 0 radical (unpaired) electrons. The molecule has 2 rings (SSSR count). The highest BCUT2D eigenvalue weighted by Gasteiger charge is 2.26. The maximum Gasteiger partial charge on any atom is 0.488 e. The molecule has 0 aliphatic carbocycles. The van der Waals surface area contributed by atoms with Crippen LogP contribution in [0.2, 0.25) is 0 Å². The van der Waals surface area contributed by atoms with Crippen LogP contribution in [0.25, 0.3) is 0 Å². The first kappa shape index (κ1) is 18.4. The summed E-state index contributed by atoms with van der Waals surface area (Å²) in [6.45, 7) is 0.0517. The lowest BCUT2D eigenvalue weighted by Crippen LogP contribution is -2.32. The van der Waals surface area contributed by atoms with Crippen LogP contribution in [0.15, 0.2) is 47.4 Å². The van der Waals surface area contributed by atoms with Gasteiger partial charge in [-0.1, -0.05) is 18.2 Å². The Morgan fingerprint density at radius 2 is 1.79 bits per heavy atom. The van der Waals surface area contributed by atoms with Crippen molar-refractivity contribution in [1.29, 1.82) is 0 Å². The number of hydrogen-bond acceptors (Lipinski definition) is 5. The van der Waals surface area contributed by atoms with E-state index in [2.05, 4.69) is 0 Å². The normalized spacial score (nSPS) is 11.6. The smallest absolute Gasteiger partial charge is 0.488 e. The molecule has 24 heavy (non-hydrogen) atoms. The van der Waals surface area contributed by atoms with E-state index >= 15 is 0 Å². The summed E-state index contributed by atoms with van der Waals surface area (Å²) in [5.74, 6) is -0.393. The van der Waals surface area contributed by atoms with Crippen molar-refractivity contribution < 1.29 is 27.6 Å². The van der Waals surface area contributed by atoms with Crippen molar-refractivity contribution in [1.82, 2.24) is 4.31 Å². The van der Waals surface area contributed by atoms with E-state index in [4.69, 9.17) is 14.8 Å². The molecule has 0 aliphatic heterocycles. The zero-order valence-electron chi connectivity index (χ0n) is 13.2. The van der Waals surface area contributed by atoms with E-state index in [0.717, 1.165) is 22.5 Å². The predicted octanol–water partition coefficient (Wildman–Crippen LogP) is 0.335. The van der Waals surface area contributed by atoms with Crippen LogP contribution in [0.3, 0.4) is 0 Å². The molecule has 0 heterocycles. The minimum Gasteiger partial charge on any atom is -0.497 e. The van der Waals surface area contributed by atoms with Gasteiger partial charge < -0.3 is 14.8 Å². The Labute approximate surface area is 140 Å². The molecule has 2 N–H and O–H groups in total. The van der Waals surface area contributed by atoms with Crippen LogP contribution >= 0.6 is 0 Å². The first-order chi connectivity index (χ1) is 11.3. The van der Waals surface area contributed by atoms with Crippen LogP contribution in [-0.4, -0.2) is 44.0 Å². The Bertz CT molecular complexity index is 811. The number of methoxy groups -OCH3 is 1. The molecule has 0 saturated carbocycles.